The van der Waals surface area contributed by atoms with E-state index >= 15 is 0 Å². The second kappa shape index (κ2) is 5.49. The van der Waals surface area contributed by atoms with Gasteiger partial charge < -0.3 is 10.2 Å². The molecule has 1 aromatic rings. The van der Waals surface area contributed by atoms with Gasteiger partial charge in [-0.05, 0) is 30.4 Å². The van der Waals surface area contributed by atoms with Gasteiger partial charge in [0.2, 0.25) is 17.2 Å². The second-order valence-corrected chi connectivity index (χ2v) is 4.68. The van der Waals surface area contributed by atoms with Crippen LogP contribution in [0.2, 0.25) is 5.28 Å². The Balaban J connectivity index is 2.18. The third-order valence-electron chi connectivity index (χ3n) is 3.20. The largest absolute Gasteiger partial charge is 0.357 e. The third kappa shape index (κ3) is 2.97. The molecular formula is C11H18ClN5. The van der Waals surface area contributed by atoms with Crippen LogP contribution in [0.15, 0.2) is 0 Å². The lowest BCUT2D eigenvalue weighted by molar-refractivity contribution is 0.401. The first-order valence-corrected chi connectivity index (χ1v) is 6.45. The Morgan fingerprint density at radius 3 is 2.94 bits per heavy atom. The van der Waals surface area contributed by atoms with E-state index < -0.39 is 0 Å². The van der Waals surface area contributed by atoms with Crippen LogP contribution in [0, 0.1) is 5.92 Å². The summed E-state index contributed by atoms with van der Waals surface area (Å²) in [7, 11) is 1.78. The molecule has 5 nitrogen and oxygen atoms in total. The summed E-state index contributed by atoms with van der Waals surface area (Å²) in [4.78, 5) is 14.7. The smallest absolute Gasteiger partial charge is 0.231 e. The minimum Gasteiger partial charge on any atom is -0.357 e. The zero-order valence-electron chi connectivity index (χ0n) is 10.3. The van der Waals surface area contributed by atoms with Gasteiger partial charge in [-0.1, -0.05) is 13.3 Å². The molecule has 1 aromatic heterocycles. The molecule has 0 bridgehead atoms. The van der Waals surface area contributed by atoms with Gasteiger partial charge in [-0.3, -0.25) is 0 Å². The van der Waals surface area contributed by atoms with Crippen molar-refractivity contribution < 1.29 is 0 Å². The van der Waals surface area contributed by atoms with Crippen LogP contribution in [0.1, 0.15) is 26.2 Å². The summed E-state index contributed by atoms with van der Waals surface area (Å²) < 4.78 is 0. The van der Waals surface area contributed by atoms with Crippen molar-refractivity contribution in [1.29, 1.82) is 0 Å². The summed E-state index contributed by atoms with van der Waals surface area (Å²) in [5, 5.41) is 3.15. The Kier molecular flexibility index (Phi) is 3.99. The average molecular weight is 256 g/mol. The van der Waals surface area contributed by atoms with E-state index in [-0.39, 0.29) is 5.28 Å². The molecular weight excluding hydrogens is 238 g/mol. The van der Waals surface area contributed by atoms with Crippen molar-refractivity contribution in [2.75, 3.05) is 30.4 Å². The van der Waals surface area contributed by atoms with Crippen LogP contribution >= 0.6 is 11.6 Å². The number of hydrogen-bond donors (Lipinski definition) is 1. The quantitative estimate of drug-likeness (QED) is 0.897. The molecule has 0 spiro atoms. The van der Waals surface area contributed by atoms with E-state index in [1.165, 1.54) is 19.3 Å². The van der Waals surface area contributed by atoms with Gasteiger partial charge in [0.15, 0.2) is 0 Å². The highest BCUT2D eigenvalue weighted by Crippen LogP contribution is 2.23. The number of rotatable bonds is 3. The molecule has 94 valence electrons. The van der Waals surface area contributed by atoms with Crippen LogP contribution in [-0.2, 0) is 0 Å². The molecule has 0 amide bonds. The molecule has 17 heavy (non-hydrogen) atoms. The Morgan fingerprint density at radius 2 is 2.24 bits per heavy atom. The van der Waals surface area contributed by atoms with Crippen LogP contribution in [0.5, 0.6) is 0 Å². The maximum atomic E-state index is 5.89. The van der Waals surface area contributed by atoms with E-state index in [0.29, 0.717) is 11.9 Å². The van der Waals surface area contributed by atoms with E-state index in [1.807, 2.05) is 0 Å². The van der Waals surface area contributed by atoms with Gasteiger partial charge in [0.25, 0.3) is 0 Å². The van der Waals surface area contributed by atoms with E-state index in [0.717, 1.165) is 19.0 Å². The fourth-order valence-electron chi connectivity index (χ4n) is 2.17. The predicted octanol–water partition coefficient (Wildman–Crippen LogP) is 2.19. The molecule has 1 saturated heterocycles. The van der Waals surface area contributed by atoms with Crippen molar-refractivity contribution in [2.24, 2.45) is 5.92 Å². The fraction of sp³-hybridized carbons (Fsp3) is 0.727. The number of aromatic nitrogens is 3. The van der Waals surface area contributed by atoms with Crippen LogP contribution in [0.25, 0.3) is 0 Å². The molecule has 0 aromatic carbocycles. The highest BCUT2D eigenvalue weighted by Gasteiger charge is 2.21. The van der Waals surface area contributed by atoms with E-state index in [1.54, 1.807) is 7.05 Å². The minimum atomic E-state index is 0.248. The summed E-state index contributed by atoms with van der Waals surface area (Å²) in [6, 6.07) is 0. The third-order valence-corrected chi connectivity index (χ3v) is 3.37. The number of nitrogens with one attached hydrogen (secondary N) is 1. The minimum absolute atomic E-state index is 0.248. The van der Waals surface area contributed by atoms with E-state index in [4.69, 9.17) is 11.6 Å². The van der Waals surface area contributed by atoms with Crippen LogP contribution in [0.3, 0.4) is 0 Å². The van der Waals surface area contributed by atoms with Crippen molar-refractivity contribution in [3.63, 3.8) is 0 Å². The molecule has 1 aliphatic rings. The van der Waals surface area contributed by atoms with Crippen molar-refractivity contribution in [2.45, 2.75) is 26.2 Å². The lowest BCUT2D eigenvalue weighted by Crippen LogP contribution is -2.36. The lowest BCUT2D eigenvalue weighted by atomic mass is 9.96. The monoisotopic (exact) mass is 255 g/mol. The predicted molar refractivity (Wildman–Crippen MR) is 69.6 cm³/mol. The summed E-state index contributed by atoms with van der Waals surface area (Å²) in [6.45, 7) is 4.24. The Labute approximate surface area is 107 Å². The normalized spacial score (nSPS) is 20.4. The highest BCUT2D eigenvalue weighted by atomic mass is 35.5. The summed E-state index contributed by atoms with van der Waals surface area (Å²) in [6.07, 6.45) is 3.69. The second-order valence-electron chi connectivity index (χ2n) is 4.34. The highest BCUT2D eigenvalue weighted by molar-refractivity contribution is 6.28. The van der Waals surface area contributed by atoms with Crippen molar-refractivity contribution >= 4 is 23.5 Å². The molecule has 1 unspecified atom stereocenters. The SMILES string of the molecule is CCC1CCCN(c2nc(Cl)nc(NC)n2)C1. The molecule has 1 N–H and O–H groups in total. The van der Waals surface area contributed by atoms with Gasteiger partial charge in [-0.2, -0.15) is 15.0 Å². The number of anilines is 2. The van der Waals surface area contributed by atoms with Crippen LogP contribution in [-0.4, -0.2) is 35.1 Å². The number of halogens is 1. The van der Waals surface area contributed by atoms with Gasteiger partial charge in [0, 0.05) is 20.1 Å². The number of piperidine rings is 1. The van der Waals surface area contributed by atoms with Gasteiger partial charge in [0.1, 0.15) is 0 Å². The summed E-state index contributed by atoms with van der Waals surface area (Å²) in [5.74, 6) is 1.95. The molecule has 2 heterocycles. The summed E-state index contributed by atoms with van der Waals surface area (Å²) >= 11 is 5.89. The van der Waals surface area contributed by atoms with Gasteiger partial charge in [-0.25, -0.2) is 0 Å². The number of hydrogen-bond acceptors (Lipinski definition) is 5. The molecule has 1 atom stereocenters. The topological polar surface area (TPSA) is 53.9 Å². The maximum absolute atomic E-state index is 5.89. The maximum Gasteiger partial charge on any atom is 0.231 e. The van der Waals surface area contributed by atoms with Crippen molar-refractivity contribution in [3.05, 3.63) is 5.28 Å². The molecule has 1 fully saturated rings. The first kappa shape index (κ1) is 12.4. The average Bonchev–Trinajstić information content (AvgIpc) is 2.38. The van der Waals surface area contributed by atoms with Crippen LogP contribution < -0.4 is 10.2 Å². The zero-order valence-corrected chi connectivity index (χ0v) is 11.0. The van der Waals surface area contributed by atoms with Gasteiger partial charge in [0.05, 0.1) is 0 Å². The first-order valence-electron chi connectivity index (χ1n) is 6.07. The first-order chi connectivity index (χ1) is 8.22. The van der Waals surface area contributed by atoms with Gasteiger partial charge in [-0.15, -0.1) is 0 Å². The van der Waals surface area contributed by atoms with Crippen LogP contribution in [0.4, 0.5) is 11.9 Å². The molecule has 0 radical (unpaired) electrons. The van der Waals surface area contributed by atoms with Gasteiger partial charge >= 0.3 is 0 Å². The Bertz CT molecular complexity index is 384. The van der Waals surface area contributed by atoms with E-state index in [9.17, 15) is 0 Å². The fourth-order valence-corrected chi connectivity index (χ4v) is 2.33. The van der Waals surface area contributed by atoms with Crippen molar-refractivity contribution in [1.82, 2.24) is 15.0 Å². The lowest BCUT2D eigenvalue weighted by Gasteiger charge is -2.32. The molecule has 1 aliphatic heterocycles. The molecule has 2 rings (SSSR count). The molecule has 6 heteroatoms. The molecule has 0 aliphatic carbocycles. The zero-order chi connectivity index (χ0) is 12.3. The molecule has 0 saturated carbocycles. The summed E-state index contributed by atoms with van der Waals surface area (Å²) in [5.41, 5.74) is 0. The number of nitrogens with zero attached hydrogens (tertiary/aromatic N) is 4. The Hall–Kier alpha value is -1.10. The van der Waals surface area contributed by atoms with E-state index in [2.05, 4.69) is 32.1 Å². The Morgan fingerprint density at radius 1 is 1.41 bits per heavy atom. The van der Waals surface area contributed by atoms with Crippen molar-refractivity contribution in [3.8, 4) is 0 Å². The standard InChI is InChI=1S/C11H18ClN5/c1-3-8-5-4-6-17(7-8)11-15-9(12)14-10(13-2)16-11/h8H,3-7H2,1-2H3,(H,13,14,15,16).